The fourth-order valence-corrected chi connectivity index (χ4v) is 3.87. The first-order valence-electron chi connectivity index (χ1n) is 11.7. The van der Waals surface area contributed by atoms with Gasteiger partial charge in [0.25, 0.3) is 11.7 Å². The van der Waals surface area contributed by atoms with E-state index in [0.717, 1.165) is 0 Å². The molecule has 0 spiro atoms. The summed E-state index contributed by atoms with van der Waals surface area (Å²) in [5.41, 5.74) is 2.42. The van der Waals surface area contributed by atoms with Crippen LogP contribution in [0.4, 0.5) is 19.0 Å². The molecule has 13 heteroatoms. The van der Waals surface area contributed by atoms with Crippen LogP contribution in [0.2, 0.25) is 0 Å². The van der Waals surface area contributed by atoms with Crippen molar-refractivity contribution in [3.05, 3.63) is 53.5 Å². The van der Waals surface area contributed by atoms with E-state index in [1.807, 2.05) is 10.4 Å². The Balaban J connectivity index is 1.93. The number of halogens is 3. The van der Waals surface area contributed by atoms with Crippen molar-refractivity contribution in [2.75, 3.05) is 44.8 Å². The van der Waals surface area contributed by atoms with E-state index in [2.05, 4.69) is 15.3 Å². The molecule has 2 aromatic rings. The predicted octanol–water partition coefficient (Wildman–Crippen LogP) is 2.82. The number of hydrogen-bond donors (Lipinski definition) is 2. The van der Waals surface area contributed by atoms with Crippen LogP contribution in [0, 0.1) is 6.92 Å². The van der Waals surface area contributed by atoms with Crippen LogP contribution >= 0.6 is 0 Å². The number of rotatable bonds is 10. The SMILES string of the molecule is CC(=O)Nc1cc(C(C)C(OCCN2CCOCC2)(ONC(=O)c2cccnc2)C(F)(F)F)cc(C)n1. The highest BCUT2D eigenvalue weighted by Gasteiger charge is 2.63. The number of nitrogens with zero attached hydrogens (tertiary/aromatic N) is 3. The maximum Gasteiger partial charge on any atom is 0.446 e. The van der Waals surface area contributed by atoms with Gasteiger partial charge in [-0.15, -0.1) is 0 Å². The topological polar surface area (TPSA) is 115 Å². The van der Waals surface area contributed by atoms with E-state index in [-0.39, 0.29) is 30.1 Å². The number of anilines is 1. The van der Waals surface area contributed by atoms with E-state index in [1.165, 1.54) is 50.5 Å². The summed E-state index contributed by atoms with van der Waals surface area (Å²) in [6, 6.07) is 5.61. The number of hydrogen-bond acceptors (Lipinski definition) is 8. The molecule has 2 aromatic heterocycles. The Morgan fingerprint density at radius 2 is 1.97 bits per heavy atom. The molecule has 0 saturated carbocycles. The Hall–Kier alpha value is -3.13. The highest BCUT2D eigenvalue weighted by molar-refractivity contribution is 5.93. The summed E-state index contributed by atoms with van der Waals surface area (Å²) in [5.74, 6) is -6.02. The van der Waals surface area contributed by atoms with Crippen molar-refractivity contribution >= 4 is 17.6 Å². The summed E-state index contributed by atoms with van der Waals surface area (Å²) in [4.78, 5) is 39.1. The van der Waals surface area contributed by atoms with Gasteiger partial charge in [-0.1, -0.05) is 6.92 Å². The smallest absolute Gasteiger partial charge is 0.379 e. The van der Waals surface area contributed by atoms with E-state index in [9.17, 15) is 22.8 Å². The monoisotopic (exact) mass is 525 g/mol. The minimum Gasteiger partial charge on any atom is -0.379 e. The van der Waals surface area contributed by atoms with Crippen molar-refractivity contribution < 1.29 is 37.1 Å². The van der Waals surface area contributed by atoms with Gasteiger partial charge in [0, 0.05) is 50.6 Å². The third-order valence-corrected chi connectivity index (χ3v) is 5.79. The molecule has 0 bridgehead atoms. The van der Waals surface area contributed by atoms with Crippen LogP contribution in [0.15, 0.2) is 36.7 Å². The highest BCUT2D eigenvalue weighted by atomic mass is 19.4. The molecule has 1 fully saturated rings. The summed E-state index contributed by atoms with van der Waals surface area (Å²) in [5, 5.41) is 2.48. The van der Waals surface area contributed by atoms with Crippen molar-refractivity contribution in [1.29, 1.82) is 0 Å². The Morgan fingerprint density at radius 1 is 1.24 bits per heavy atom. The zero-order chi connectivity index (χ0) is 27.1. The van der Waals surface area contributed by atoms with Crippen LogP contribution in [-0.2, 0) is 19.1 Å². The van der Waals surface area contributed by atoms with Gasteiger partial charge in [0.15, 0.2) is 0 Å². The second-order valence-electron chi connectivity index (χ2n) is 8.57. The molecule has 2 unspecified atom stereocenters. The maximum atomic E-state index is 14.8. The summed E-state index contributed by atoms with van der Waals surface area (Å²) < 4.78 is 55.2. The third kappa shape index (κ3) is 7.44. The lowest BCUT2D eigenvalue weighted by molar-refractivity contribution is -0.400. The van der Waals surface area contributed by atoms with Crippen molar-refractivity contribution in [3.8, 4) is 0 Å². The quantitative estimate of drug-likeness (QED) is 0.360. The Labute approximate surface area is 212 Å². The second-order valence-corrected chi connectivity index (χ2v) is 8.57. The molecule has 0 aromatic carbocycles. The second kappa shape index (κ2) is 12.4. The average molecular weight is 526 g/mol. The molecule has 0 aliphatic carbocycles. The molecule has 3 heterocycles. The van der Waals surface area contributed by atoms with E-state index in [1.54, 1.807) is 6.92 Å². The normalized spacial score (nSPS) is 17.0. The van der Waals surface area contributed by atoms with Crippen LogP contribution in [-0.4, -0.2) is 78.1 Å². The molecule has 2 N–H and O–H groups in total. The number of carbonyl (C=O) groups excluding carboxylic acids is 2. The minimum absolute atomic E-state index is 0.00671. The molecular weight excluding hydrogens is 495 g/mol. The average Bonchev–Trinajstić information content (AvgIpc) is 2.85. The zero-order valence-electron chi connectivity index (χ0n) is 20.8. The van der Waals surface area contributed by atoms with Crippen molar-refractivity contribution in [2.45, 2.75) is 38.7 Å². The molecule has 37 heavy (non-hydrogen) atoms. The number of aryl methyl sites for hydroxylation is 1. The van der Waals surface area contributed by atoms with Crippen LogP contribution in [0.3, 0.4) is 0 Å². The fraction of sp³-hybridized carbons (Fsp3) is 0.500. The van der Waals surface area contributed by atoms with Gasteiger partial charge >= 0.3 is 6.18 Å². The first-order chi connectivity index (χ1) is 17.5. The Bertz CT molecular complexity index is 1070. The lowest BCUT2D eigenvalue weighted by atomic mass is 9.91. The van der Waals surface area contributed by atoms with Crippen LogP contribution < -0.4 is 10.8 Å². The van der Waals surface area contributed by atoms with Gasteiger partial charge in [0.05, 0.1) is 25.4 Å². The maximum absolute atomic E-state index is 14.8. The number of pyridine rings is 2. The first-order valence-corrected chi connectivity index (χ1v) is 11.7. The van der Waals surface area contributed by atoms with Crippen LogP contribution in [0.1, 0.15) is 41.4 Å². The van der Waals surface area contributed by atoms with E-state index >= 15 is 0 Å². The summed E-state index contributed by atoms with van der Waals surface area (Å²) >= 11 is 0. The number of alkyl halides is 3. The minimum atomic E-state index is -5.08. The number of carbonyl (C=O) groups is 2. The molecule has 0 radical (unpaired) electrons. The summed E-state index contributed by atoms with van der Waals surface area (Å²) in [7, 11) is 0. The molecule has 1 aliphatic rings. The van der Waals surface area contributed by atoms with Gasteiger partial charge in [-0.3, -0.25) is 19.5 Å². The van der Waals surface area contributed by atoms with Gasteiger partial charge in [-0.2, -0.15) is 13.2 Å². The number of aromatic nitrogens is 2. The first kappa shape index (κ1) is 28.4. The number of morpholine rings is 1. The highest BCUT2D eigenvalue weighted by Crippen LogP contribution is 2.45. The number of amides is 2. The molecule has 1 saturated heterocycles. The number of ether oxygens (including phenoxy) is 2. The third-order valence-electron chi connectivity index (χ3n) is 5.79. The lowest BCUT2D eigenvalue weighted by Gasteiger charge is -2.40. The summed E-state index contributed by atoms with van der Waals surface area (Å²) in [6.45, 7) is 6.03. The van der Waals surface area contributed by atoms with Crippen molar-refractivity contribution in [3.63, 3.8) is 0 Å². The van der Waals surface area contributed by atoms with E-state index in [4.69, 9.17) is 14.3 Å². The molecule has 202 valence electrons. The van der Waals surface area contributed by atoms with Gasteiger partial charge in [-0.25, -0.2) is 15.3 Å². The molecular formula is C24H30F3N5O5. The zero-order valence-corrected chi connectivity index (χ0v) is 20.8. The van der Waals surface area contributed by atoms with Gasteiger partial charge in [0.2, 0.25) is 5.91 Å². The van der Waals surface area contributed by atoms with Crippen LogP contribution in [0.5, 0.6) is 0 Å². The lowest BCUT2D eigenvalue weighted by Crippen LogP contribution is -2.58. The van der Waals surface area contributed by atoms with Crippen LogP contribution in [0.25, 0.3) is 0 Å². The predicted molar refractivity (Wildman–Crippen MR) is 126 cm³/mol. The van der Waals surface area contributed by atoms with Gasteiger partial charge in [0.1, 0.15) is 5.82 Å². The molecule has 2 atom stereocenters. The van der Waals surface area contributed by atoms with Crippen molar-refractivity contribution in [2.24, 2.45) is 0 Å². The molecule has 2 amide bonds. The fourth-order valence-electron chi connectivity index (χ4n) is 3.87. The van der Waals surface area contributed by atoms with Gasteiger partial charge in [-0.05, 0) is 36.8 Å². The van der Waals surface area contributed by atoms with E-state index < -0.39 is 29.7 Å². The van der Waals surface area contributed by atoms with Gasteiger partial charge < -0.3 is 14.8 Å². The largest absolute Gasteiger partial charge is 0.446 e. The molecule has 1 aliphatic heterocycles. The number of hydroxylamine groups is 1. The van der Waals surface area contributed by atoms with Crippen molar-refractivity contribution in [1.82, 2.24) is 20.3 Å². The van der Waals surface area contributed by atoms with E-state index in [0.29, 0.717) is 32.0 Å². The molecule has 10 nitrogen and oxygen atoms in total. The number of nitrogens with one attached hydrogen (secondary N) is 2. The Morgan fingerprint density at radius 3 is 2.59 bits per heavy atom. The summed E-state index contributed by atoms with van der Waals surface area (Å²) in [6.07, 6.45) is -2.46. The standard InChI is InChI=1S/C24H30F3N5O5/c1-16-13-20(14-21(29-16)30-18(3)33)17(2)23(24(25,26)27,36-12-9-32-7-10-35-11-8-32)37-31-22(34)19-5-4-6-28-15-19/h4-6,13-15,17H,7-12H2,1-3H3,(H,31,34)(H,29,30,33). The molecule has 3 rings (SSSR count). The Kier molecular flexibility index (Phi) is 9.54.